The van der Waals surface area contributed by atoms with Crippen LogP contribution in [0.1, 0.15) is 51.3 Å². The van der Waals surface area contributed by atoms with Crippen LogP contribution in [0, 0.1) is 12.8 Å². The lowest BCUT2D eigenvalue weighted by atomic mass is 9.88. The van der Waals surface area contributed by atoms with E-state index in [9.17, 15) is 14.4 Å². The molecule has 2 saturated heterocycles. The van der Waals surface area contributed by atoms with Crippen LogP contribution in [-0.2, 0) is 4.79 Å². The molecule has 0 spiro atoms. The van der Waals surface area contributed by atoms with E-state index in [1.807, 2.05) is 46.4 Å². The Morgan fingerprint density at radius 2 is 1.65 bits per heavy atom. The third-order valence-corrected chi connectivity index (χ3v) is 7.17. The monoisotopic (exact) mass is 439 g/mol. The summed E-state index contributed by atoms with van der Waals surface area (Å²) in [6, 6.07) is 10.6. The molecule has 2 aliphatic heterocycles. The maximum atomic E-state index is 13.3. The van der Waals surface area contributed by atoms with E-state index < -0.39 is 6.04 Å². The summed E-state index contributed by atoms with van der Waals surface area (Å²) in [5.41, 5.74) is 1.65. The molecule has 2 fully saturated rings. The minimum atomic E-state index is -0.550. The highest BCUT2D eigenvalue weighted by molar-refractivity contribution is 7.12. The van der Waals surface area contributed by atoms with Crippen molar-refractivity contribution in [3.05, 3.63) is 57.8 Å². The van der Waals surface area contributed by atoms with Crippen molar-refractivity contribution in [2.24, 2.45) is 5.92 Å². The van der Waals surface area contributed by atoms with Crippen LogP contribution in [0.4, 0.5) is 0 Å². The topological polar surface area (TPSA) is 69.7 Å². The first-order valence-electron chi connectivity index (χ1n) is 11.0. The minimum Gasteiger partial charge on any atom is -0.341 e. The Bertz CT molecular complexity index is 912. The van der Waals surface area contributed by atoms with Crippen LogP contribution in [0.25, 0.3) is 0 Å². The molecule has 1 aromatic heterocycles. The largest absolute Gasteiger partial charge is 0.341 e. The summed E-state index contributed by atoms with van der Waals surface area (Å²) in [7, 11) is 0. The van der Waals surface area contributed by atoms with Crippen molar-refractivity contribution in [1.82, 2.24) is 15.1 Å². The Morgan fingerprint density at radius 1 is 0.968 bits per heavy atom. The van der Waals surface area contributed by atoms with Crippen molar-refractivity contribution in [2.45, 2.75) is 38.6 Å². The summed E-state index contributed by atoms with van der Waals surface area (Å²) < 4.78 is 0. The smallest absolute Gasteiger partial charge is 0.263 e. The predicted molar refractivity (Wildman–Crippen MR) is 121 cm³/mol. The van der Waals surface area contributed by atoms with Crippen LogP contribution in [0.2, 0.25) is 0 Å². The zero-order chi connectivity index (χ0) is 21.8. The molecule has 31 heavy (non-hydrogen) atoms. The van der Waals surface area contributed by atoms with Crippen molar-refractivity contribution in [3.63, 3.8) is 0 Å². The first-order chi connectivity index (χ1) is 15.0. The van der Waals surface area contributed by atoms with E-state index in [2.05, 4.69) is 5.32 Å². The number of amides is 3. The van der Waals surface area contributed by atoms with Gasteiger partial charge in [0.2, 0.25) is 5.91 Å². The Hall–Kier alpha value is -2.67. The molecule has 2 aliphatic rings. The summed E-state index contributed by atoms with van der Waals surface area (Å²) in [4.78, 5) is 43.4. The molecule has 7 heteroatoms. The number of hydrogen-bond donors (Lipinski definition) is 1. The number of carbonyl (C=O) groups is 3. The summed E-state index contributed by atoms with van der Waals surface area (Å²) in [5, 5.41) is 4.95. The van der Waals surface area contributed by atoms with Crippen molar-refractivity contribution >= 4 is 29.1 Å². The highest BCUT2D eigenvalue weighted by Crippen LogP contribution is 2.25. The molecular weight excluding hydrogens is 410 g/mol. The van der Waals surface area contributed by atoms with Crippen LogP contribution in [0.5, 0.6) is 0 Å². The molecule has 4 rings (SSSR count). The number of benzene rings is 1. The van der Waals surface area contributed by atoms with Crippen LogP contribution >= 0.6 is 11.3 Å². The van der Waals surface area contributed by atoms with E-state index in [0.717, 1.165) is 36.4 Å². The van der Waals surface area contributed by atoms with Gasteiger partial charge < -0.3 is 15.1 Å². The molecule has 0 radical (unpaired) electrons. The normalized spacial score (nSPS) is 18.1. The van der Waals surface area contributed by atoms with Gasteiger partial charge in [-0.1, -0.05) is 23.8 Å². The quantitative estimate of drug-likeness (QED) is 0.777. The first-order valence-corrected chi connectivity index (χ1v) is 11.9. The second-order valence-electron chi connectivity index (χ2n) is 8.46. The van der Waals surface area contributed by atoms with Gasteiger partial charge >= 0.3 is 0 Å². The fourth-order valence-electron chi connectivity index (χ4n) is 4.44. The SMILES string of the molecule is Cc1ccc(C(=O)N[C@H](C(=O)N2CCCC2)C2CCN(C(=O)c3cccs3)CC2)cc1. The fraction of sp³-hybridized carbons (Fsp3) is 0.458. The Balaban J connectivity index is 1.45. The first kappa shape index (κ1) is 21.6. The molecule has 0 unspecified atom stereocenters. The number of hydrogen-bond acceptors (Lipinski definition) is 4. The molecule has 1 aromatic carbocycles. The number of thiophene rings is 1. The van der Waals surface area contributed by atoms with Gasteiger partial charge in [0.25, 0.3) is 11.8 Å². The fourth-order valence-corrected chi connectivity index (χ4v) is 5.13. The number of likely N-dealkylation sites (tertiary alicyclic amines) is 2. The van der Waals surface area contributed by atoms with Crippen LogP contribution in [0.3, 0.4) is 0 Å². The highest BCUT2D eigenvalue weighted by atomic mass is 32.1. The summed E-state index contributed by atoms with van der Waals surface area (Å²) in [6.07, 6.45) is 3.43. The van der Waals surface area contributed by atoms with Crippen LogP contribution in [0.15, 0.2) is 41.8 Å². The number of nitrogens with one attached hydrogen (secondary N) is 1. The van der Waals surface area contributed by atoms with Crippen molar-refractivity contribution in [3.8, 4) is 0 Å². The number of rotatable bonds is 5. The number of piperidine rings is 1. The van der Waals surface area contributed by atoms with Gasteiger partial charge in [-0.15, -0.1) is 11.3 Å². The van der Waals surface area contributed by atoms with Crippen molar-refractivity contribution in [2.75, 3.05) is 26.2 Å². The molecule has 1 N–H and O–H groups in total. The lowest BCUT2D eigenvalue weighted by Gasteiger charge is -2.37. The Labute approximate surface area is 187 Å². The number of aryl methyl sites for hydroxylation is 1. The van der Waals surface area contributed by atoms with E-state index in [1.165, 1.54) is 11.3 Å². The van der Waals surface area contributed by atoms with Crippen LogP contribution in [-0.4, -0.2) is 59.7 Å². The lowest BCUT2D eigenvalue weighted by Crippen LogP contribution is -2.54. The third-order valence-electron chi connectivity index (χ3n) is 6.31. The summed E-state index contributed by atoms with van der Waals surface area (Å²) in [6.45, 7) is 4.70. The minimum absolute atomic E-state index is 0.0148. The second-order valence-corrected chi connectivity index (χ2v) is 9.40. The van der Waals surface area contributed by atoms with E-state index in [-0.39, 0.29) is 23.6 Å². The third kappa shape index (κ3) is 4.98. The zero-order valence-electron chi connectivity index (χ0n) is 17.9. The molecule has 0 aliphatic carbocycles. The average molecular weight is 440 g/mol. The molecule has 1 atom stereocenters. The molecule has 3 amide bonds. The van der Waals surface area contributed by atoms with E-state index >= 15 is 0 Å². The van der Waals surface area contributed by atoms with Crippen LogP contribution < -0.4 is 5.32 Å². The van der Waals surface area contributed by atoms with Gasteiger partial charge in [0.1, 0.15) is 6.04 Å². The molecule has 0 bridgehead atoms. The predicted octanol–water partition coefficient (Wildman–Crippen LogP) is 3.33. The molecule has 6 nitrogen and oxygen atoms in total. The van der Waals surface area contributed by atoms with Gasteiger partial charge in [-0.05, 0) is 62.1 Å². The van der Waals surface area contributed by atoms with Gasteiger partial charge in [0.15, 0.2) is 0 Å². The van der Waals surface area contributed by atoms with Gasteiger partial charge in [0.05, 0.1) is 4.88 Å². The van der Waals surface area contributed by atoms with E-state index in [1.54, 1.807) is 12.1 Å². The van der Waals surface area contributed by atoms with Gasteiger partial charge in [0, 0.05) is 31.7 Å². The number of carbonyl (C=O) groups excluding carboxylic acids is 3. The van der Waals surface area contributed by atoms with E-state index in [4.69, 9.17) is 0 Å². The van der Waals surface area contributed by atoms with Gasteiger partial charge in [-0.3, -0.25) is 14.4 Å². The highest BCUT2D eigenvalue weighted by Gasteiger charge is 2.37. The molecule has 2 aromatic rings. The standard InChI is InChI=1S/C24H29N3O3S/c1-17-6-8-19(9-7-17)22(28)25-21(24(30)26-12-2-3-13-26)18-10-14-27(15-11-18)23(29)20-5-4-16-31-20/h4-9,16,18,21H,2-3,10-15H2,1H3,(H,25,28)/t21-/m0/s1. The maximum absolute atomic E-state index is 13.3. The van der Waals surface area contributed by atoms with Gasteiger partial charge in [-0.25, -0.2) is 0 Å². The molecule has 164 valence electrons. The molecular formula is C24H29N3O3S. The summed E-state index contributed by atoms with van der Waals surface area (Å²) in [5.74, 6) is -0.120. The van der Waals surface area contributed by atoms with Crippen molar-refractivity contribution in [1.29, 1.82) is 0 Å². The Morgan fingerprint density at radius 3 is 2.26 bits per heavy atom. The van der Waals surface area contributed by atoms with E-state index in [0.29, 0.717) is 31.5 Å². The zero-order valence-corrected chi connectivity index (χ0v) is 18.7. The number of nitrogens with zero attached hydrogens (tertiary/aromatic N) is 2. The van der Waals surface area contributed by atoms with Gasteiger partial charge in [-0.2, -0.15) is 0 Å². The summed E-state index contributed by atoms with van der Waals surface area (Å²) >= 11 is 1.45. The Kier molecular flexibility index (Phi) is 6.70. The average Bonchev–Trinajstić information content (AvgIpc) is 3.52. The maximum Gasteiger partial charge on any atom is 0.263 e. The molecule has 0 saturated carbocycles. The molecule has 3 heterocycles. The lowest BCUT2D eigenvalue weighted by molar-refractivity contribution is -0.134. The second kappa shape index (κ2) is 9.64. The van der Waals surface area contributed by atoms with Crippen molar-refractivity contribution < 1.29 is 14.4 Å².